The average Bonchev–Trinajstić information content (AvgIpc) is 3.23. The standard InChI is InChI=1S/C25H29N5O2S/c1-5-6-13-29-23(32)20-9-7-8-10-21(20)30-24(29)27-28-25(30)33-15-22(31)26-18(4)19-12-11-16(2)17(3)14-19/h7-12,14,18H,5-6,13,15H2,1-4H3,(H,26,31). The van der Waals surface area contributed by atoms with Crippen molar-refractivity contribution in [2.75, 3.05) is 5.75 Å². The zero-order valence-electron chi connectivity index (χ0n) is 19.5. The predicted molar refractivity (Wildman–Crippen MR) is 133 cm³/mol. The first-order valence-electron chi connectivity index (χ1n) is 11.3. The molecule has 4 rings (SSSR count). The topological polar surface area (TPSA) is 81.3 Å². The smallest absolute Gasteiger partial charge is 0.262 e. The maximum absolute atomic E-state index is 13.0. The van der Waals surface area contributed by atoms with Crippen molar-refractivity contribution in [1.82, 2.24) is 24.5 Å². The quantitative estimate of drug-likeness (QED) is 0.391. The Bertz CT molecular complexity index is 1370. The van der Waals surface area contributed by atoms with Gasteiger partial charge in [0.15, 0.2) is 5.16 Å². The molecule has 1 N–H and O–H groups in total. The number of fused-ring (bicyclic) bond motifs is 3. The first kappa shape index (κ1) is 23.0. The van der Waals surface area contributed by atoms with E-state index in [0.29, 0.717) is 22.9 Å². The van der Waals surface area contributed by atoms with Crippen molar-refractivity contribution in [1.29, 1.82) is 0 Å². The van der Waals surface area contributed by atoms with Gasteiger partial charge in [-0.05, 0) is 56.0 Å². The van der Waals surface area contributed by atoms with Crippen molar-refractivity contribution < 1.29 is 4.79 Å². The summed E-state index contributed by atoms with van der Waals surface area (Å²) in [4.78, 5) is 25.7. The fourth-order valence-corrected chi connectivity index (χ4v) is 4.63. The summed E-state index contributed by atoms with van der Waals surface area (Å²) in [6, 6.07) is 13.6. The lowest BCUT2D eigenvalue weighted by molar-refractivity contribution is -0.119. The van der Waals surface area contributed by atoms with E-state index in [0.717, 1.165) is 23.9 Å². The van der Waals surface area contributed by atoms with Crippen molar-refractivity contribution in [3.63, 3.8) is 0 Å². The molecule has 2 heterocycles. The third-order valence-electron chi connectivity index (χ3n) is 5.95. The number of thioether (sulfide) groups is 1. The number of nitrogens with zero attached hydrogens (tertiary/aromatic N) is 4. The molecule has 1 amide bonds. The van der Waals surface area contributed by atoms with E-state index in [4.69, 9.17) is 0 Å². The number of para-hydroxylation sites is 1. The SMILES string of the molecule is CCCCn1c(=O)c2ccccc2n2c(SCC(=O)NC(C)c3ccc(C)c(C)c3)nnc12. The van der Waals surface area contributed by atoms with Crippen LogP contribution in [0.15, 0.2) is 52.4 Å². The highest BCUT2D eigenvalue weighted by Crippen LogP contribution is 2.22. The van der Waals surface area contributed by atoms with E-state index in [2.05, 4.69) is 48.4 Å². The minimum atomic E-state index is -0.0902. The highest BCUT2D eigenvalue weighted by atomic mass is 32.2. The second-order valence-electron chi connectivity index (χ2n) is 8.37. The highest BCUT2D eigenvalue weighted by molar-refractivity contribution is 7.99. The Labute approximate surface area is 197 Å². The van der Waals surface area contributed by atoms with Gasteiger partial charge in [0.25, 0.3) is 5.56 Å². The summed E-state index contributed by atoms with van der Waals surface area (Å²) in [5, 5.41) is 12.9. The Balaban J connectivity index is 1.57. The molecule has 0 bridgehead atoms. The fourth-order valence-electron chi connectivity index (χ4n) is 3.88. The van der Waals surface area contributed by atoms with Gasteiger partial charge in [0, 0.05) is 6.54 Å². The highest BCUT2D eigenvalue weighted by Gasteiger charge is 2.18. The molecule has 4 aromatic rings. The molecule has 0 fully saturated rings. The molecule has 0 saturated heterocycles. The van der Waals surface area contributed by atoms with E-state index in [9.17, 15) is 9.59 Å². The lowest BCUT2D eigenvalue weighted by Gasteiger charge is -2.15. The Morgan fingerprint density at radius 2 is 1.91 bits per heavy atom. The lowest BCUT2D eigenvalue weighted by Crippen LogP contribution is -2.28. The maximum atomic E-state index is 13.0. The summed E-state index contributed by atoms with van der Waals surface area (Å²) in [5.74, 6) is 0.642. The minimum Gasteiger partial charge on any atom is -0.349 e. The Kier molecular flexibility index (Phi) is 6.83. The molecule has 0 aliphatic rings. The van der Waals surface area contributed by atoms with Crippen LogP contribution in [0.4, 0.5) is 0 Å². The second-order valence-corrected chi connectivity index (χ2v) is 9.31. The zero-order valence-corrected chi connectivity index (χ0v) is 20.3. The number of rotatable bonds is 8. The van der Waals surface area contributed by atoms with E-state index in [1.165, 1.54) is 22.9 Å². The van der Waals surface area contributed by atoms with E-state index >= 15 is 0 Å². The summed E-state index contributed by atoms with van der Waals surface area (Å²) >= 11 is 1.32. The summed E-state index contributed by atoms with van der Waals surface area (Å²) in [5.41, 5.74) is 4.21. The van der Waals surface area contributed by atoms with Crippen LogP contribution in [0.25, 0.3) is 16.7 Å². The number of benzene rings is 2. The largest absolute Gasteiger partial charge is 0.349 e. The van der Waals surface area contributed by atoms with Crippen LogP contribution in [0.2, 0.25) is 0 Å². The van der Waals surface area contributed by atoms with Crippen LogP contribution < -0.4 is 10.9 Å². The summed E-state index contributed by atoms with van der Waals surface area (Å²) < 4.78 is 3.57. The molecule has 172 valence electrons. The van der Waals surface area contributed by atoms with Gasteiger partial charge in [-0.25, -0.2) is 0 Å². The van der Waals surface area contributed by atoms with Crippen LogP contribution in [-0.2, 0) is 11.3 Å². The van der Waals surface area contributed by atoms with Gasteiger partial charge in [0.05, 0.1) is 22.7 Å². The van der Waals surface area contributed by atoms with Crippen molar-refractivity contribution in [2.45, 2.75) is 58.3 Å². The van der Waals surface area contributed by atoms with Crippen LogP contribution >= 0.6 is 11.8 Å². The molecule has 7 nitrogen and oxygen atoms in total. The van der Waals surface area contributed by atoms with Crippen molar-refractivity contribution in [3.05, 3.63) is 69.5 Å². The van der Waals surface area contributed by atoms with Crippen LogP contribution in [-0.4, -0.2) is 30.8 Å². The number of carbonyl (C=O) groups is 1. The van der Waals surface area contributed by atoms with Gasteiger partial charge >= 0.3 is 0 Å². The first-order valence-corrected chi connectivity index (χ1v) is 12.2. The van der Waals surface area contributed by atoms with Gasteiger partial charge in [-0.15, -0.1) is 10.2 Å². The van der Waals surface area contributed by atoms with Gasteiger partial charge in [0.2, 0.25) is 11.7 Å². The number of carbonyl (C=O) groups excluding carboxylic acids is 1. The van der Waals surface area contributed by atoms with Crippen LogP contribution in [0, 0.1) is 13.8 Å². The molecule has 8 heteroatoms. The van der Waals surface area contributed by atoms with Crippen molar-refractivity contribution in [3.8, 4) is 0 Å². The molecule has 0 spiro atoms. The second kappa shape index (κ2) is 9.79. The molecular formula is C25H29N5O2S. The average molecular weight is 464 g/mol. The molecule has 0 radical (unpaired) electrons. The van der Waals surface area contributed by atoms with Gasteiger partial charge in [-0.3, -0.25) is 18.6 Å². The van der Waals surface area contributed by atoms with Gasteiger partial charge < -0.3 is 5.32 Å². The molecule has 2 aromatic heterocycles. The number of nitrogens with one attached hydrogen (secondary N) is 1. The molecule has 1 unspecified atom stereocenters. The minimum absolute atomic E-state index is 0.0598. The van der Waals surface area contributed by atoms with E-state index in [-0.39, 0.29) is 23.3 Å². The zero-order chi connectivity index (χ0) is 23.5. The molecule has 33 heavy (non-hydrogen) atoms. The van der Waals surface area contributed by atoms with Crippen molar-refractivity contribution in [2.24, 2.45) is 0 Å². The van der Waals surface area contributed by atoms with E-state index < -0.39 is 0 Å². The molecule has 2 aromatic carbocycles. The Morgan fingerprint density at radius 1 is 1.12 bits per heavy atom. The van der Waals surface area contributed by atoms with Crippen LogP contribution in [0.3, 0.4) is 0 Å². The number of aromatic nitrogens is 4. The summed E-state index contributed by atoms with van der Waals surface area (Å²) in [7, 11) is 0. The normalized spacial score (nSPS) is 12.4. The molecule has 0 saturated carbocycles. The van der Waals surface area contributed by atoms with Gasteiger partial charge in [-0.2, -0.15) is 0 Å². The maximum Gasteiger partial charge on any atom is 0.262 e. The first-order chi connectivity index (χ1) is 15.9. The van der Waals surface area contributed by atoms with Crippen molar-refractivity contribution >= 4 is 34.3 Å². The van der Waals surface area contributed by atoms with Gasteiger partial charge in [-0.1, -0.05) is 55.4 Å². The summed E-state index contributed by atoms with van der Waals surface area (Å²) in [6.07, 6.45) is 1.85. The summed E-state index contributed by atoms with van der Waals surface area (Å²) in [6.45, 7) is 8.81. The lowest BCUT2D eigenvalue weighted by atomic mass is 10.0. The molecule has 0 aliphatic heterocycles. The number of unbranched alkanes of at least 4 members (excludes halogenated alkanes) is 1. The molecule has 1 atom stereocenters. The third-order valence-corrected chi connectivity index (χ3v) is 6.88. The van der Waals surface area contributed by atoms with E-state index in [1.807, 2.05) is 41.7 Å². The number of hydrogen-bond donors (Lipinski definition) is 1. The van der Waals surface area contributed by atoms with Crippen LogP contribution in [0.1, 0.15) is 49.4 Å². The predicted octanol–water partition coefficient (Wildman–Crippen LogP) is 4.43. The monoisotopic (exact) mass is 463 g/mol. The molecular weight excluding hydrogens is 434 g/mol. The Hall–Kier alpha value is -3.13. The van der Waals surface area contributed by atoms with E-state index in [1.54, 1.807) is 4.57 Å². The van der Waals surface area contributed by atoms with Crippen LogP contribution in [0.5, 0.6) is 0 Å². The molecule has 0 aliphatic carbocycles. The Morgan fingerprint density at radius 3 is 2.67 bits per heavy atom. The number of hydrogen-bond acceptors (Lipinski definition) is 5. The van der Waals surface area contributed by atoms with Gasteiger partial charge in [0.1, 0.15) is 0 Å². The number of aryl methyl sites for hydroxylation is 3. The number of amides is 1. The third kappa shape index (κ3) is 4.66. The fraction of sp³-hybridized carbons (Fsp3) is 0.360.